The van der Waals surface area contributed by atoms with Crippen molar-refractivity contribution in [1.29, 1.82) is 0 Å². The predicted molar refractivity (Wildman–Crippen MR) is 144 cm³/mol. The van der Waals surface area contributed by atoms with E-state index in [1.807, 2.05) is 20.8 Å². The number of para-hydroxylation sites is 1. The standard InChI is InChI=1S/C26H27Cl2N3O4S/c1-4-18(3)29-26(33)23-7-5-6-8-24(23)30-25(32)16-31(21-14-19(27)13-20(28)15-21)36(34,35)22-11-9-17(2)10-12-22/h5-15,18H,4,16H2,1-3H3,(H,29,33)(H,30,32)/t18-/m0/s1. The average Bonchev–Trinajstić information content (AvgIpc) is 2.82. The van der Waals surface area contributed by atoms with Gasteiger partial charge in [0.25, 0.3) is 15.9 Å². The minimum absolute atomic E-state index is 0.00493. The Morgan fingerprint density at radius 3 is 2.19 bits per heavy atom. The molecular formula is C26H27Cl2N3O4S. The third-order valence-electron chi connectivity index (χ3n) is 5.47. The molecule has 0 fully saturated rings. The Bertz CT molecular complexity index is 1340. The number of benzene rings is 3. The number of nitrogens with zero attached hydrogens (tertiary/aromatic N) is 1. The number of carbonyl (C=O) groups excluding carboxylic acids is 2. The van der Waals surface area contributed by atoms with Gasteiger partial charge in [0.15, 0.2) is 0 Å². The molecule has 36 heavy (non-hydrogen) atoms. The molecule has 1 atom stereocenters. The minimum Gasteiger partial charge on any atom is -0.350 e. The molecule has 0 aliphatic rings. The number of aryl methyl sites for hydroxylation is 1. The van der Waals surface area contributed by atoms with Crippen LogP contribution in [-0.4, -0.2) is 32.8 Å². The molecule has 3 rings (SSSR count). The Hall–Kier alpha value is -3.07. The van der Waals surface area contributed by atoms with Crippen LogP contribution in [0.2, 0.25) is 10.0 Å². The summed E-state index contributed by atoms with van der Waals surface area (Å²) in [4.78, 5) is 25.9. The third-order valence-corrected chi connectivity index (χ3v) is 7.69. The van der Waals surface area contributed by atoms with Crippen LogP contribution in [-0.2, 0) is 14.8 Å². The number of hydrogen-bond donors (Lipinski definition) is 2. The van der Waals surface area contributed by atoms with E-state index < -0.39 is 22.5 Å². The second-order valence-electron chi connectivity index (χ2n) is 8.33. The van der Waals surface area contributed by atoms with E-state index in [4.69, 9.17) is 23.2 Å². The molecule has 0 radical (unpaired) electrons. The summed E-state index contributed by atoms with van der Waals surface area (Å²) in [6.07, 6.45) is 0.744. The van der Waals surface area contributed by atoms with Gasteiger partial charge >= 0.3 is 0 Å². The second-order valence-corrected chi connectivity index (χ2v) is 11.1. The zero-order valence-electron chi connectivity index (χ0n) is 20.1. The van der Waals surface area contributed by atoms with Gasteiger partial charge in [-0.25, -0.2) is 8.42 Å². The zero-order valence-corrected chi connectivity index (χ0v) is 22.4. The fraction of sp³-hybridized carbons (Fsp3) is 0.231. The van der Waals surface area contributed by atoms with Crippen LogP contribution in [0.15, 0.2) is 71.6 Å². The Balaban J connectivity index is 1.95. The molecular weight excluding hydrogens is 521 g/mol. The molecule has 0 saturated carbocycles. The minimum atomic E-state index is -4.16. The number of carbonyl (C=O) groups is 2. The summed E-state index contributed by atoms with van der Waals surface area (Å²) in [6.45, 7) is 5.09. The van der Waals surface area contributed by atoms with E-state index in [0.717, 1.165) is 16.3 Å². The second kappa shape index (κ2) is 11.8. The van der Waals surface area contributed by atoms with Gasteiger partial charge in [0, 0.05) is 16.1 Å². The van der Waals surface area contributed by atoms with Crippen LogP contribution in [0, 0.1) is 6.92 Å². The van der Waals surface area contributed by atoms with E-state index >= 15 is 0 Å². The number of nitrogens with one attached hydrogen (secondary N) is 2. The van der Waals surface area contributed by atoms with Gasteiger partial charge in [-0.2, -0.15) is 0 Å². The van der Waals surface area contributed by atoms with Crippen molar-refractivity contribution in [3.8, 4) is 0 Å². The number of amides is 2. The monoisotopic (exact) mass is 547 g/mol. The molecule has 10 heteroatoms. The van der Waals surface area contributed by atoms with Crippen molar-refractivity contribution in [2.24, 2.45) is 0 Å². The van der Waals surface area contributed by atoms with E-state index in [9.17, 15) is 18.0 Å². The van der Waals surface area contributed by atoms with Crippen LogP contribution in [0.25, 0.3) is 0 Å². The van der Waals surface area contributed by atoms with E-state index in [2.05, 4.69) is 10.6 Å². The fourth-order valence-corrected chi connectivity index (χ4v) is 5.27. The van der Waals surface area contributed by atoms with Gasteiger partial charge in [-0.05, 0) is 62.7 Å². The Labute approximate surface area is 221 Å². The van der Waals surface area contributed by atoms with Crippen molar-refractivity contribution in [3.63, 3.8) is 0 Å². The maximum Gasteiger partial charge on any atom is 0.264 e. The highest BCUT2D eigenvalue weighted by molar-refractivity contribution is 7.92. The lowest BCUT2D eigenvalue weighted by molar-refractivity contribution is -0.114. The number of hydrogen-bond acceptors (Lipinski definition) is 4. The van der Waals surface area contributed by atoms with Crippen molar-refractivity contribution in [2.45, 2.75) is 38.1 Å². The van der Waals surface area contributed by atoms with Crippen molar-refractivity contribution < 1.29 is 18.0 Å². The Morgan fingerprint density at radius 2 is 1.58 bits per heavy atom. The molecule has 0 aliphatic heterocycles. The van der Waals surface area contributed by atoms with Crippen LogP contribution >= 0.6 is 23.2 Å². The number of halogens is 2. The van der Waals surface area contributed by atoms with Gasteiger partial charge in [-0.3, -0.25) is 13.9 Å². The zero-order chi connectivity index (χ0) is 26.5. The van der Waals surface area contributed by atoms with Gasteiger partial charge in [0.05, 0.1) is 21.8 Å². The van der Waals surface area contributed by atoms with E-state index in [1.165, 1.54) is 30.3 Å². The highest BCUT2D eigenvalue weighted by Crippen LogP contribution is 2.30. The van der Waals surface area contributed by atoms with E-state index in [-0.39, 0.29) is 43.8 Å². The summed E-state index contributed by atoms with van der Waals surface area (Å²) in [5.41, 5.74) is 1.55. The van der Waals surface area contributed by atoms with E-state index in [1.54, 1.807) is 36.4 Å². The van der Waals surface area contributed by atoms with Crippen LogP contribution in [0.4, 0.5) is 11.4 Å². The molecule has 0 aromatic heterocycles. The highest BCUT2D eigenvalue weighted by atomic mass is 35.5. The van der Waals surface area contributed by atoms with Gasteiger partial charge in [0.1, 0.15) is 6.54 Å². The summed E-state index contributed by atoms with van der Waals surface area (Å²) < 4.78 is 28.1. The van der Waals surface area contributed by atoms with Crippen molar-refractivity contribution >= 4 is 56.4 Å². The van der Waals surface area contributed by atoms with Crippen LogP contribution < -0.4 is 14.9 Å². The quantitative estimate of drug-likeness (QED) is 0.361. The first kappa shape index (κ1) is 27.5. The molecule has 2 amide bonds. The first-order valence-corrected chi connectivity index (χ1v) is 13.5. The molecule has 0 spiro atoms. The first-order valence-electron chi connectivity index (χ1n) is 11.3. The summed E-state index contributed by atoms with van der Waals surface area (Å²) in [5, 5.41) is 5.97. The predicted octanol–water partition coefficient (Wildman–Crippen LogP) is 5.66. The van der Waals surface area contributed by atoms with Crippen molar-refractivity contribution in [1.82, 2.24) is 5.32 Å². The third kappa shape index (κ3) is 6.78. The lowest BCUT2D eigenvalue weighted by Gasteiger charge is -2.25. The summed E-state index contributed by atoms with van der Waals surface area (Å²) in [6, 6.07) is 17.1. The molecule has 3 aromatic rings. The molecule has 190 valence electrons. The molecule has 0 unspecified atom stereocenters. The number of sulfonamides is 1. The number of rotatable bonds is 9. The normalized spacial score (nSPS) is 12.0. The lowest BCUT2D eigenvalue weighted by atomic mass is 10.1. The Kier molecular flexibility index (Phi) is 9.00. The van der Waals surface area contributed by atoms with Gasteiger partial charge < -0.3 is 10.6 Å². The van der Waals surface area contributed by atoms with Gasteiger partial charge in [-0.1, -0.05) is 60.0 Å². The summed E-state index contributed by atoms with van der Waals surface area (Å²) in [7, 11) is -4.16. The van der Waals surface area contributed by atoms with Gasteiger partial charge in [0.2, 0.25) is 5.91 Å². The molecule has 0 bridgehead atoms. The molecule has 0 heterocycles. The maximum atomic E-state index is 13.6. The van der Waals surface area contributed by atoms with Crippen molar-refractivity contribution in [3.05, 3.63) is 87.9 Å². The largest absolute Gasteiger partial charge is 0.350 e. The molecule has 3 aromatic carbocycles. The average molecular weight is 548 g/mol. The SMILES string of the molecule is CC[C@H](C)NC(=O)c1ccccc1NC(=O)CN(c1cc(Cl)cc(Cl)c1)S(=O)(=O)c1ccc(C)cc1. The highest BCUT2D eigenvalue weighted by Gasteiger charge is 2.28. The fourth-order valence-electron chi connectivity index (χ4n) is 3.35. The first-order chi connectivity index (χ1) is 17.0. The van der Waals surface area contributed by atoms with Gasteiger partial charge in [-0.15, -0.1) is 0 Å². The Morgan fingerprint density at radius 1 is 0.972 bits per heavy atom. The van der Waals surface area contributed by atoms with Crippen molar-refractivity contribution in [2.75, 3.05) is 16.2 Å². The lowest BCUT2D eigenvalue weighted by Crippen LogP contribution is -2.38. The molecule has 7 nitrogen and oxygen atoms in total. The summed E-state index contributed by atoms with van der Waals surface area (Å²) in [5.74, 6) is -0.989. The molecule has 0 saturated heterocycles. The maximum absolute atomic E-state index is 13.6. The topological polar surface area (TPSA) is 95.6 Å². The number of anilines is 2. The summed E-state index contributed by atoms with van der Waals surface area (Å²) >= 11 is 12.3. The smallest absolute Gasteiger partial charge is 0.264 e. The van der Waals surface area contributed by atoms with Crippen LogP contribution in [0.1, 0.15) is 36.2 Å². The van der Waals surface area contributed by atoms with Crippen LogP contribution in [0.5, 0.6) is 0 Å². The molecule has 0 aliphatic carbocycles. The van der Waals surface area contributed by atoms with E-state index in [0.29, 0.717) is 0 Å². The van der Waals surface area contributed by atoms with Crippen LogP contribution in [0.3, 0.4) is 0 Å². The molecule has 2 N–H and O–H groups in total.